The number of rotatable bonds is 7. The largest absolute Gasteiger partial charge is 0.493 e. The summed E-state index contributed by atoms with van der Waals surface area (Å²) in [5.41, 5.74) is 2.74. The van der Waals surface area contributed by atoms with E-state index in [4.69, 9.17) is 14.2 Å². The molecule has 2 heterocycles. The topological polar surface area (TPSA) is 97.4 Å². The van der Waals surface area contributed by atoms with Gasteiger partial charge in [0.25, 0.3) is 0 Å². The fraction of sp³-hybridized carbons (Fsp3) is 0.458. The van der Waals surface area contributed by atoms with Crippen molar-refractivity contribution in [2.24, 2.45) is 0 Å². The summed E-state index contributed by atoms with van der Waals surface area (Å²) >= 11 is 0. The summed E-state index contributed by atoms with van der Waals surface area (Å²) in [4.78, 5) is 15.3. The standard InChI is InChI=1S/C24H31N3O6S/c1-17(26-8-7-18-13-22(31-2)23(32-3)14-19(18)16-26)24(28)25-20-5-4-6-21(15-20)34(29,30)27-9-11-33-12-10-27/h4-6,13-15,17H,7-12,16H2,1-3H3,(H,25,28)/t17-/m0/s1. The summed E-state index contributed by atoms with van der Waals surface area (Å²) in [6, 6.07) is 9.96. The molecule has 34 heavy (non-hydrogen) atoms. The number of nitrogens with one attached hydrogen (secondary N) is 1. The van der Waals surface area contributed by atoms with Gasteiger partial charge in [0.2, 0.25) is 15.9 Å². The molecule has 0 spiro atoms. The van der Waals surface area contributed by atoms with Gasteiger partial charge in [0.05, 0.1) is 38.4 Å². The maximum Gasteiger partial charge on any atom is 0.243 e. The minimum Gasteiger partial charge on any atom is -0.493 e. The molecular weight excluding hydrogens is 458 g/mol. The van der Waals surface area contributed by atoms with Crippen LogP contribution >= 0.6 is 0 Å². The minimum atomic E-state index is -3.64. The van der Waals surface area contributed by atoms with E-state index in [0.717, 1.165) is 18.5 Å². The molecule has 1 amide bonds. The average Bonchev–Trinajstić information content (AvgIpc) is 2.87. The van der Waals surface area contributed by atoms with Crippen molar-refractivity contribution in [1.82, 2.24) is 9.21 Å². The highest BCUT2D eigenvalue weighted by molar-refractivity contribution is 7.89. The van der Waals surface area contributed by atoms with Gasteiger partial charge in [-0.1, -0.05) is 6.07 Å². The minimum absolute atomic E-state index is 0.160. The van der Waals surface area contributed by atoms with Crippen molar-refractivity contribution in [3.05, 3.63) is 47.5 Å². The Bertz CT molecular complexity index is 1150. The molecule has 1 N–H and O–H groups in total. The van der Waals surface area contributed by atoms with Gasteiger partial charge in [-0.15, -0.1) is 0 Å². The average molecular weight is 490 g/mol. The van der Waals surface area contributed by atoms with Crippen molar-refractivity contribution in [3.8, 4) is 11.5 Å². The highest BCUT2D eigenvalue weighted by Gasteiger charge is 2.28. The SMILES string of the molecule is COc1cc2c(cc1OC)CN([C@@H](C)C(=O)Nc1cccc(S(=O)(=O)N3CCOCC3)c1)CC2. The molecule has 1 atom stereocenters. The number of carbonyl (C=O) groups excluding carboxylic acids is 1. The van der Waals surface area contributed by atoms with Gasteiger partial charge >= 0.3 is 0 Å². The number of morpholine rings is 1. The summed E-state index contributed by atoms with van der Waals surface area (Å²) in [7, 11) is -0.414. The number of amides is 1. The number of methoxy groups -OCH3 is 2. The van der Waals surface area contributed by atoms with Crippen LogP contribution in [0.1, 0.15) is 18.1 Å². The highest BCUT2D eigenvalue weighted by Crippen LogP contribution is 2.33. The first-order valence-corrected chi connectivity index (χ1v) is 12.7. The molecule has 9 nitrogen and oxygen atoms in total. The van der Waals surface area contributed by atoms with Gasteiger partial charge in [0.1, 0.15) is 0 Å². The van der Waals surface area contributed by atoms with E-state index in [1.807, 2.05) is 19.1 Å². The Morgan fingerprint density at radius 2 is 1.71 bits per heavy atom. The van der Waals surface area contributed by atoms with Crippen LogP contribution in [0.25, 0.3) is 0 Å². The molecule has 0 unspecified atom stereocenters. The van der Waals surface area contributed by atoms with E-state index >= 15 is 0 Å². The van der Waals surface area contributed by atoms with E-state index in [1.165, 1.54) is 15.9 Å². The normalized spacial score (nSPS) is 18.1. The highest BCUT2D eigenvalue weighted by atomic mass is 32.2. The molecule has 2 aliphatic rings. The van der Waals surface area contributed by atoms with Crippen LogP contribution in [0.5, 0.6) is 11.5 Å². The lowest BCUT2D eigenvalue weighted by Gasteiger charge is -2.33. The van der Waals surface area contributed by atoms with Gasteiger partial charge < -0.3 is 19.5 Å². The van der Waals surface area contributed by atoms with Crippen LogP contribution in [-0.2, 0) is 32.5 Å². The predicted molar refractivity (Wildman–Crippen MR) is 128 cm³/mol. The fourth-order valence-electron chi connectivity index (χ4n) is 4.32. The zero-order valence-electron chi connectivity index (χ0n) is 19.7. The van der Waals surface area contributed by atoms with Crippen LogP contribution in [0.2, 0.25) is 0 Å². The summed E-state index contributed by atoms with van der Waals surface area (Å²) in [6.45, 7) is 4.59. The summed E-state index contributed by atoms with van der Waals surface area (Å²) in [5.74, 6) is 1.18. The van der Waals surface area contributed by atoms with Gasteiger partial charge in [-0.2, -0.15) is 4.31 Å². The molecule has 0 aliphatic carbocycles. The van der Waals surface area contributed by atoms with Crippen molar-refractivity contribution < 1.29 is 27.4 Å². The van der Waals surface area contributed by atoms with Crippen molar-refractivity contribution in [3.63, 3.8) is 0 Å². The predicted octanol–water partition coefficient (Wildman–Crippen LogP) is 2.11. The van der Waals surface area contributed by atoms with E-state index in [2.05, 4.69) is 10.2 Å². The number of benzene rings is 2. The lowest BCUT2D eigenvalue weighted by atomic mass is 9.97. The van der Waals surface area contributed by atoms with E-state index in [9.17, 15) is 13.2 Å². The molecule has 10 heteroatoms. The van der Waals surface area contributed by atoms with E-state index in [1.54, 1.807) is 32.4 Å². The Labute approximate surface area is 200 Å². The first-order chi connectivity index (χ1) is 16.3. The van der Waals surface area contributed by atoms with Crippen LogP contribution in [0.3, 0.4) is 0 Å². The summed E-state index contributed by atoms with van der Waals surface area (Å²) in [5, 5.41) is 2.89. The number of ether oxygens (including phenoxy) is 3. The lowest BCUT2D eigenvalue weighted by Crippen LogP contribution is -2.44. The third kappa shape index (κ3) is 5.05. The van der Waals surface area contributed by atoms with Gasteiger partial charge in [0, 0.05) is 31.9 Å². The number of fused-ring (bicyclic) bond motifs is 1. The monoisotopic (exact) mass is 489 g/mol. The van der Waals surface area contributed by atoms with Crippen LogP contribution in [0.15, 0.2) is 41.3 Å². The van der Waals surface area contributed by atoms with Crippen molar-refractivity contribution in [2.75, 3.05) is 52.4 Å². The van der Waals surface area contributed by atoms with Gasteiger partial charge in [-0.3, -0.25) is 9.69 Å². The van der Waals surface area contributed by atoms with Crippen molar-refractivity contribution in [2.45, 2.75) is 30.8 Å². The number of sulfonamides is 1. The Hall–Kier alpha value is -2.66. The molecule has 4 rings (SSSR count). The molecule has 0 radical (unpaired) electrons. The Morgan fingerprint density at radius 1 is 1.03 bits per heavy atom. The van der Waals surface area contributed by atoms with E-state index < -0.39 is 16.1 Å². The number of nitrogens with zero attached hydrogens (tertiary/aromatic N) is 2. The Morgan fingerprint density at radius 3 is 2.38 bits per heavy atom. The van der Waals surface area contributed by atoms with Crippen LogP contribution in [0, 0.1) is 0 Å². The zero-order valence-corrected chi connectivity index (χ0v) is 20.6. The molecule has 2 aromatic rings. The zero-order chi connectivity index (χ0) is 24.3. The number of hydrogen-bond acceptors (Lipinski definition) is 7. The summed E-state index contributed by atoms with van der Waals surface area (Å²) in [6.07, 6.45) is 0.792. The Balaban J connectivity index is 1.45. The molecular formula is C24H31N3O6S. The first kappa shape index (κ1) is 24.5. The Kier molecular flexibility index (Phi) is 7.42. The number of carbonyl (C=O) groups is 1. The molecule has 0 aromatic heterocycles. The second-order valence-corrected chi connectivity index (χ2v) is 10.3. The fourth-order valence-corrected chi connectivity index (χ4v) is 5.77. The lowest BCUT2D eigenvalue weighted by molar-refractivity contribution is -0.121. The van der Waals surface area contributed by atoms with Crippen molar-refractivity contribution in [1.29, 1.82) is 0 Å². The molecule has 1 fully saturated rings. The van der Waals surface area contributed by atoms with Gasteiger partial charge in [-0.25, -0.2) is 8.42 Å². The third-order valence-electron chi connectivity index (χ3n) is 6.38. The van der Waals surface area contributed by atoms with Crippen LogP contribution < -0.4 is 14.8 Å². The van der Waals surface area contributed by atoms with E-state index in [-0.39, 0.29) is 10.8 Å². The quantitative estimate of drug-likeness (QED) is 0.636. The smallest absolute Gasteiger partial charge is 0.243 e. The van der Waals surface area contributed by atoms with E-state index in [0.29, 0.717) is 50.0 Å². The molecule has 184 valence electrons. The molecule has 0 bridgehead atoms. The van der Waals surface area contributed by atoms with Crippen LogP contribution in [-0.4, -0.2) is 76.6 Å². The molecule has 2 aromatic carbocycles. The maximum absolute atomic E-state index is 13.0. The second-order valence-electron chi connectivity index (χ2n) is 8.41. The number of hydrogen-bond donors (Lipinski definition) is 1. The number of anilines is 1. The van der Waals surface area contributed by atoms with Gasteiger partial charge in [0.15, 0.2) is 11.5 Å². The maximum atomic E-state index is 13.0. The molecule has 0 saturated carbocycles. The molecule has 1 saturated heterocycles. The summed E-state index contributed by atoms with van der Waals surface area (Å²) < 4.78 is 43.4. The molecule has 2 aliphatic heterocycles. The van der Waals surface area contributed by atoms with Crippen molar-refractivity contribution >= 4 is 21.6 Å². The van der Waals surface area contributed by atoms with Crippen LogP contribution in [0.4, 0.5) is 5.69 Å². The first-order valence-electron chi connectivity index (χ1n) is 11.3. The third-order valence-corrected chi connectivity index (χ3v) is 8.28. The van der Waals surface area contributed by atoms with Gasteiger partial charge in [-0.05, 0) is 54.8 Å². The second kappa shape index (κ2) is 10.3.